The normalized spacial score (nSPS) is 13.6. The molecule has 0 heterocycles. The van der Waals surface area contributed by atoms with Crippen LogP contribution in [0.15, 0.2) is 43.0 Å². The molecule has 104 valence electrons. The summed E-state index contributed by atoms with van der Waals surface area (Å²) in [7, 11) is 0. The second kappa shape index (κ2) is 8.42. The highest BCUT2D eigenvalue weighted by atomic mass is 16.5. The Kier molecular flexibility index (Phi) is 6.81. The van der Waals surface area contributed by atoms with Crippen molar-refractivity contribution in [3.05, 3.63) is 48.6 Å². The summed E-state index contributed by atoms with van der Waals surface area (Å²) in [5, 5.41) is 20.8. The number of carbonyl (C=O) groups is 1. The third-order valence-electron chi connectivity index (χ3n) is 2.46. The smallest absolute Gasteiger partial charge is 0.327 e. The molecule has 0 saturated heterocycles. The number of aliphatic hydroxyl groups is 2. The summed E-state index contributed by atoms with van der Waals surface area (Å²) in [4.78, 5) is 12.0. The van der Waals surface area contributed by atoms with Crippen LogP contribution in [0.2, 0.25) is 0 Å². The molecule has 0 saturated carbocycles. The first kappa shape index (κ1) is 15.4. The molecule has 19 heavy (non-hydrogen) atoms. The molecule has 1 rings (SSSR count). The molecule has 0 aliphatic carbocycles. The quantitative estimate of drug-likeness (QED) is 0.468. The number of rotatable bonds is 8. The molecule has 0 bridgehead atoms. The van der Waals surface area contributed by atoms with Gasteiger partial charge in [0.25, 0.3) is 0 Å². The van der Waals surface area contributed by atoms with Gasteiger partial charge in [-0.25, -0.2) is 4.79 Å². The first-order chi connectivity index (χ1) is 9.19. The van der Waals surface area contributed by atoms with Crippen LogP contribution in [-0.2, 0) is 9.53 Å². The Hall–Kier alpha value is -1.69. The van der Waals surface area contributed by atoms with Gasteiger partial charge in [-0.3, -0.25) is 5.32 Å². The largest absolute Gasteiger partial charge is 0.461 e. The zero-order valence-electron chi connectivity index (χ0n) is 10.7. The topological polar surface area (TPSA) is 78.8 Å². The minimum atomic E-state index is -1.06. The van der Waals surface area contributed by atoms with Crippen LogP contribution in [0.25, 0.3) is 0 Å². The number of carbonyl (C=O) groups excluding carboxylic acids is 1. The first-order valence-electron chi connectivity index (χ1n) is 6.03. The summed E-state index contributed by atoms with van der Waals surface area (Å²) in [6.07, 6.45) is 0.589. The van der Waals surface area contributed by atoms with E-state index in [1.165, 1.54) is 0 Å². The van der Waals surface area contributed by atoms with E-state index in [4.69, 9.17) is 9.84 Å². The predicted octanol–water partition coefficient (Wildman–Crippen LogP) is 0.400. The summed E-state index contributed by atoms with van der Waals surface area (Å²) in [6.45, 7) is 3.37. The highest BCUT2D eigenvalue weighted by molar-refractivity contribution is 5.77. The average Bonchev–Trinajstić information content (AvgIpc) is 2.46. The fourth-order valence-corrected chi connectivity index (χ4v) is 1.50. The molecule has 3 N–H and O–H groups in total. The molecule has 0 spiro atoms. The van der Waals surface area contributed by atoms with Gasteiger partial charge in [-0.15, -0.1) is 6.58 Å². The van der Waals surface area contributed by atoms with E-state index in [1.54, 1.807) is 6.08 Å². The third-order valence-corrected chi connectivity index (χ3v) is 2.46. The van der Waals surface area contributed by atoms with Gasteiger partial charge in [-0.2, -0.15) is 0 Å². The Bertz CT molecular complexity index is 394. The van der Waals surface area contributed by atoms with Gasteiger partial charge in [-0.05, 0) is 5.56 Å². The number of hydrogen-bond acceptors (Lipinski definition) is 5. The zero-order valence-corrected chi connectivity index (χ0v) is 10.7. The van der Waals surface area contributed by atoms with Crippen LogP contribution in [0.4, 0.5) is 0 Å². The highest BCUT2D eigenvalue weighted by Gasteiger charge is 2.21. The number of aliphatic hydroxyl groups excluding tert-OH is 2. The van der Waals surface area contributed by atoms with Gasteiger partial charge >= 0.3 is 5.97 Å². The molecule has 0 aliphatic heterocycles. The second-order valence-electron chi connectivity index (χ2n) is 4.01. The summed E-state index contributed by atoms with van der Waals surface area (Å²) >= 11 is 0. The van der Waals surface area contributed by atoms with Crippen molar-refractivity contribution in [1.82, 2.24) is 5.32 Å². The molecule has 0 radical (unpaired) electrons. The van der Waals surface area contributed by atoms with Crippen molar-refractivity contribution in [3.63, 3.8) is 0 Å². The molecular formula is C14H19NO4. The lowest BCUT2D eigenvalue weighted by molar-refractivity contribution is -0.150. The molecule has 0 aliphatic rings. The minimum absolute atomic E-state index is 0.228. The van der Waals surface area contributed by atoms with Crippen molar-refractivity contribution in [2.75, 3.05) is 19.8 Å². The number of ether oxygens (including phenoxy) is 1. The van der Waals surface area contributed by atoms with E-state index in [2.05, 4.69) is 11.9 Å². The molecule has 0 fully saturated rings. The molecule has 1 aromatic rings. The average molecular weight is 265 g/mol. The van der Waals surface area contributed by atoms with Gasteiger partial charge in [0.05, 0.1) is 6.61 Å². The van der Waals surface area contributed by atoms with E-state index in [-0.39, 0.29) is 6.61 Å². The standard InChI is InChI=1S/C14H19NO4/c1-2-8-15-13(11-6-4-3-5-7-11)14(18)19-10-12(17)9-16/h2-7,12-13,15-17H,1,8-10H2. The van der Waals surface area contributed by atoms with Crippen LogP contribution >= 0.6 is 0 Å². The van der Waals surface area contributed by atoms with Crippen molar-refractivity contribution < 1.29 is 19.7 Å². The van der Waals surface area contributed by atoms with E-state index in [0.717, 1.165) is 5.56 Å². The van der Waals surface area contributed by atoms with Crippen molar-refractivity contribution in [3.8, 4) is 0 Å². The Balaban J connectivity index is 2.68. The van der Waals surface area contributed by atoms with Crippen LogP contribution in [0.1, 0.15) is 11.6 Å². The Morgan fingerprint density at radius 3 is 2.68 bits per heavy atom. The molecule has 5 heteroatoms. The monoisotopic (exact) mass is 265 g/mol. The van der Waals surface area contributed by atoms with Gasteiger partial charge in [0.15, 0.2) is 0 Å². The Morgan fingerprint density at radius 1 is 1.42 bits per heavy atom. The third kappa shape index (κ3) is 5.21. The number of nitrogens with one attached hydrogen (secondary N) is 1. The number of esters is 1. The van der Waals surface area contributed by atoms with Crippen molar-refractivity contribution in [1.29, 1.82) is 0 Å². The first-order valence-corrected chi connectivity index (χ1v) is 6.03. The van der Waals surface area contributed by atoms with Crippen molar-refractivity contribution in [2.24, 2.45) is 0 Å². The lowest BCUT2D eigenvalue weighted by Gasteiger charge is -2.18. The minimum Gasteiger partial charge on any atom is -0.461 e. The van der Waals surface area contributed by atoms with Crippen molar-refractivity contribution in [2.45, 2.75) is 12.1 Å². The second-order valence-corrected chi connectivity index (χ2v) is 4.01. The van der Waals surface area contributed by atoms with E-state index < -0.39 is 24.7 Å². The molecule has 0 amide bonds. The Morgan fingerprint density at radius 2 is 2.11 bits per heavy atom. The summed E-state index contributed by atoms with van der Waals surface area (Å²) in [5.74, 6) is -0.499. The van der Waals surface area contributed by atoms with Crippen LogP contribution in [0.5, 0.6) is 0 Å². The van der Waals surface area contributed by atoms with Gasteiger partial charge < -0.3 is 14.9 Å². The van der Waals surface area contributed by atoms with E-state index in [0.29, 0.717) is 6.54 Å². The zero-order chi connectivity index (χ0) is 14.1. The van der Waals surface area contributed by atoms with Crippen molar-refractivity contribution >= 4 is 5.97 Å². The maximum Gasteiger partial charge on any atom is 0.327 e. The van der Waals surface area contributed by atoms with E-state index in [9.17, 15) is 9.90 Å². The Labute approximate surface area is 112 Å². The summed E-state index contributed by atoms with van der Waals surface area (Å²) in [6, 6.07) is 8.51. The van der Waals surface area contributed by atoms with E-state index >= 15 is 0 Å². The van der Waals surface area contributed by atoms with Crippen LogP contribution < -0.4 is 5.32 Å². The maximum atomic E-state index is 12.0. The van der Waals surface area contributed by atoms with Gasteiger partial charge in [0.2, 0.25) is 0 Å². The lowest BCUT2D eigenvalue weighted by atomic mass is 10.1. The summed E-state index contributed by atoms with van der Waals surface area (Å²) in [5.41, 5.74) is 0.771. The maximum absolute atomic E-state index is 12.0. The number of benzene rings is 1. The molecule has 2 unspecified atom stereocenters. The van der Waals surface area contributed by atoms with Crippen LogP contribution in [0, 0.1) is 0 Å². The molecule has 0 aromatic heterocycles. The number of hydrogen-bond donors (Lipinski definition) is 3. The van der Waals surface area contributed by atoms with Crippen LogP contribution in [0.3, 0.4) is 0 Å². The fourth-order valence-electron chi connectivity index (χ4n) is 1.50. The van der Waals surface area contributed by atoms with E-state index in [1.807, 2.05) is 30.3 Å². The highest BCUT2D eigenvalue weighted by Crippen LogP contribution is 2.14. The molecule has 1 aromatic carbocycles. The van der Waals surface area contributed by atoms with Gasteiger partial charge in [0, 0.05) is 6.54 Å². The fraction of sp³-hybridized carbons (Fsp3) is 0.357. The molecule has 5 nitrogen and oxygen atoms in total. The van der Waals surface area contributed by atoms with Gasteiger partial charge in [0.1, 0.15) is 18.8 Å². The molecule has 2 atom stereocenters. The summed E-state index contributed by atoms with van der Waals surface area (Å²) < 4.78 is 4.96. The lowest BCUT2D eigenvalue weighted by Crippen LogP contribution is -2.32. The molecular weight excluding hydrogens is 246 g/mol. The predicted molar refractivity (Wildman–Crippen MR) is 71.4 cm³/mol. The van der Waals surface area contributed by atoms with Crippen LogP contribution in [-0.4, -0.2) is 42.0 Å². The van der Waals surface area contributed by atoms with Gasteiger partial charge in [-0.1, -0.05) is 36.4 Å². The SMILES string of the molecule is C=CCNC(C(=O)OCC(O)CO)c1ccccc1.